The molecule has 0 aliphatic rings. The molecule has 27 heavy (non-hydrogen) atoms. The molecule has 2 unspecified atom stereocenters. The Balaban J connectivity index is 1.81. The summed E-state index contributed by atoms with van der Waals surface area (Å²) < 4.78 is 10.2. The summed E-state index contributed by atoms with van der Waals surface area (Å²) in [5.41, 5.74) is 1.38. The molecule has 0 bridgehead atoms. The SMILES string of the molecule is COC(=O)Cc1ccc(OCC(C)NCC(O)c2cccc(Cl)c2)c(O)c1. The Bertz CT molecular complexity index is 768. The smallest absolute Gasteiger partial charge is 0.309 e. The molecule has 2 atom stereocenters. The number of esters is 1. The molecule has 146 valence electrons. The molecular weight excluding hydrogens is 370 g/mol. The number of nitrogens with one attached hydrogen (secondary N) is 1. The van der Waals surface area contributed by atoms with Gasteiger partial charge in [0.15, 0.2) is 11.5 Å². The number of ether oxygens (including phenoxy) is 2. The maximum atomic E-state index is 11.3. The van der Waals surface area contributed by atoms with Crippen LogP contribution in [-0.4, -0.2) is 42.5 Å². The van der Waals surface area contributed by atoms with Crippen LogP contribution < -0.4 is 10.1 Å². The summed E-state index contributed by atoms with van der Waals surface area (Å²) in [5.74, 6) is -0.0885. The van der Waals surface area contributed by atoms with E-state index in [0.717, 1.165) is 5.56 Å². The van der Waals surface area contributed by atoms with E-state index in [4.69, 9.17) is 16.3 Å². The number of rotatable bonds is 9. The van der Waals surface area contributed by atoms with Gasteiger partial charge in [-0.25, -0.2) is 0 Å². The lowest BCUT2D eigenvalue weighted by molar-refractivity contribution is -0.139. The zero-order valence-corrected chi connectivity index (χ0v) is 16.1. The van der Waals surface area contributed by atoms with Gasteiger partial charge in [-0.3, -0.25) is 4.79 Å². The molecule has 7 heteroatoms. The summed E-state index contributed by atoms with van der Waals surface area (Å²) in [7, 11) is 1.32. The van der Waals surface area contributed by atoms with Crippen molar-refractivity contribution in [3.63, 3.8) is 0 Å². The molecule has 2 rings (SSSR count). The second-order valence-electron chi connectivity index (χ2n) is 6.25. The summed E-state index contributed by atoms with van der Waals surface area (Å²) in [6, 6.07) is 11.8. The third kappa shape index (κ3) is 6.75. The number of methoxy groups -OCH3 is 1. The van der Waals surface area contributed by atoms with Gasteiger partial charge in [-0.1, -0.05) is 29.8 Å². The van der Waals surface area contributed by atoms with Crippen molar-refractivity contribution in [2.45, 2.75) is 25.5 Å². The van der Waals surface area contributed by atoms with Gasteiger partial charge >= 0.3 is 5.97 Å². The van der Waals surface area contributed by atoms with Crippen LogP contribution in [0.1, 0.15) is 24.2 Å². The lowest BCUT2D eigenvalue weighted by Crippen LogP contribution is -2.34. The number of phenols is 1. The van der Waals surface area contributed by atoms with Gasteiger partial charge in [0.05, 0.1) is 19.6 Å². The minimum Gasteiger partial charge on any atom is -0.504 e. The van der Waals surface area contributed by atoms with Crippen molar-refractivity contribution >= 4 is 17.6 Å². The van der Waals surface area contributed by atoms with Gasteiger partial charge in [0.1, 0.15) is 6.61 Å². The molecule has 0 saturated heterocycles. The van der Waals surface area contributed by atoms with Gasteiger partial charge in [-0.15, -0.1) is 0 Å². The second-order valence-corrected chi connectivity index (χ2v) is 6.68. The van der Waals surface area contributed by atoms with Crippen molar-refractivity contribution in [3.05, 3.63) is 58.6 Å². The molecule has 0 aromatic heterocycles. The van der Waals surface area contributed by atoms with E-state index in [9.17, 15) is 15.0 Å². The molecule has 0 aliphatic carbocycles. The molecule has 6 nitrogen and oxygen atoms in total. The number of aliphatic hydroxyl groups excluding tert-OH is 1. The van der Waals surface area contributed by atoms with E-state index in [1.165, 1.54) is 13.2 Å². The largest absolute Gasteiger partial charge is 0.504 e. The molecule has 0 aliphatic heterocycles. The monoisotopic (exact) mass is 393 g/mol. The van der Waals surface area contributed by atoms with Crippen molar-refractivity contribution in [3.8, 4) is 11.5 Å². The van der Waals surface area contributed by atoms with Gasteiger partial charge in [-0.2, -0.15) is 0 Å². The van der Waals surface area contributed by atoms with Crippen molar-refractivity contribution in [1.82, 2.24) is 5.32 Å². The first kappa shape index (κ1) is 21.0. The number of carbonyl (C=O) groups is 1. The fourth-order valence-corrected chi connectivity index (χ4v) is 2.65. The number of aromatic hydroxyl groups is 1. The Morgan fingerprint density at radius 2 is 2.04 bits per heavy atom. The zero-order chi connectivity index (χ0) is 19.8. The fourth-order valence-electron chi connectivity index (χ4n) is 2.45. The number of hydrogen-bond donors (Lipinski definition) is 3. The minimum absolute atomic E-state index is 0.0393. The first-order valence-electron chi connectivity index (χ1n) is 8.57. The number of benzene rings is 2. The Labute approximate surface area is 163 Å². The Kier molecular flexibility index (Phi) is 7.91. The first-order valence-corrected chi connectivity index (χ1v) is 8.95. The fraction of sp³-hybridized carbons (Fsp3) is 0.350. The molecule has 0 spiro atoms. The molecule has 2 aromatic rings. The Hall–Kier alpha value is -2.28. The summed E-state index contributed by atoms with van der Waals surface area (Å²) in [6.07, 6.45) is -0.596. The van der Waals surface area contributed by atoms with E-state index in [1.54, 1.807) is 30.3 Å². The summed E-state index contributed by atoms with van der Waals surface area (Å²) in [6.45, 7) is 2.55. The van der Waals surface area contributed by atoms with E-state index >= 15 is 0 Å². The summed E-state index contributed by atoms with van der Waals surface area (Å²) in [5, 5.41) is 24.0. The quantitative estimate of drug-likeness (QED) is 0.568. The summed E-state index contributed by atoms with van der Waals surface area (Å²) >= 11 is 5.93. The van der Waals surface area contributed by atoms with Gasteiger partial charge < -0.3 is 25.0 Å². The van der Waals surface area contributed by atoms with Gasteiger partial charge in [0.2, 0.25) is 0 Å². The molecule has 0 heterocycles. The van der Waals surface area contributed by atoms with Crippen molar-refractivity contribution < 1.29 is 24.5 Å². The van der Waals surface area contributed by atoms with E-state index in [2.05, 4.69) is 10.1 Å². The highest BCUT2D eigenvalue weighted by molar-refractivity contribution is 6.30. The van der Waals surface area contributed by atoms with Gasteiger partial charge in [0.25, 0.3) is 0 Å². The minimum atomic E-state index is -0.683. The molecule has 3 N–H and O–H groups in total. The standard InChI is InChI=1S/C20H24ClNO5/c1-13(22-11-18(24)15-4-3-5-16(21)10-15)12-27-19-7-6-14(8-17(19)23)9-20(25)26-2/h3-8,10,13,18,22-24H,9,11-12H2,1-2H3. The third-order valence-corrected chi connectivity index (χ3v) is 4.22. The molecule has 0 radical (unpaired) electrons. The van der Waals surface area contributed by atoms with E-state index < -0.39 is 6.10 Å². The molecule has 2 aromatic carbocycles. The second kappa shape index (κ2) is 10.2. The number of hydrogen-bond acceptors (Lipinski definition) is 6. The maximum absolute atomic E-state index is 11.3. The van der Waals surface area contributed by atoms with E-state index in [-0.39, 0.29) is 24.2 Å². The lowest BCUT2D eigenvalue weighted by Gasteiger charge is -2.18. The zero-order valence-electron chi connectivity index (χ0n) is 15.3. The van der Waals surface area contributed by atoms with Gasteiger partial charge in [0, 0.05) is 17.6 Å². The first-order chi connectivity index (χ1) is 12.9. The number of phenolic OH excluding ortho intramolecular Hbond substituents is 1. The average molecular weight is 394 g/mol. The van der Waals surface area contributed by atoms with Crippen LogP contribution in [0.3, 0.4) is 0 Å². The van der Waals surface area contributed by atoms with Crippen LogP contribution in [0.25, 0.3) is 0 Å². The van der Waals surface area contributed by atoms with Crippen molar-refractivity contribution in [1.29, 1.82) is 0 Å². The predicted octanol–water partition coefficient (Wildman–Crippen LogP) is 2.85. The van der Waals surface area contributed by atoms with E-state index in [0.29, 0.717) is 29.5 Å². The van der Waals surface area contributed by atoms with Crippen LogP contribution in [0.4, 0.5) is 0 Å². The predicted molar refractivity (Wildman–Crippen MR) is 103 cm³/mol. The number of aliphatic hydroxyl groups is 1. The molecule has 0 saturated carbocycles. The van der Waals surface area contributed by atoms with Crippen LogP contribution in [0.2, 0.25) is 5.02 Å². The van der Waals surface area contributed by atoms with Crippen molar-refractivity contribution in [2.24, 2.45) is 0 Å². The molecule has 0 fully saturated rings. The number of halogens is 1. The van der Waals surface area contributed by atoms with Crippen molar-refractivity contribution in [2.75, 3.05) is 20.3 Å². The van der Waals surface area contributed by atoms with Crippen LogP contribution in [0, 0.1) is 0 Å². The topological polar surface area (TPSA) is 88.0 Å². The highest BCUT2D eigenvalue weighted by Gasteiger charge is 2.12. The molecular formula is C20H24ClNO5. The average Bonchev–Trinajstić information content (AvgIpc) is 2.65. The highest BCUT2D eigenvalue weighted by atomic mass is 35.5. The Morgan fingerprint density at radius 3 is 2.70 bits per heavy atom. The normalized spacial score (nSPS) is 13.0. The highest BCUT2D eigenvalue weighted by Crippen LogP contribution is 2.27. The maximum Gasteiger partial charge on any atom is 0.309 e. The van der Waals surface area contributed by atoms with Crippen LogP contribution in [0.15, 0.2) is 42.5 Å². The lowest BCUT2D eigenvalue weighted by atomic mass is 10.1. The summed E-state index contributed by atoms with van der Waals surface area (Å²) in [4.78, 5) is 11.3. The van der Waals surface area contributed by atoms with E-state index in [1.807, 2.05) is 13.0 Å². The van der Waals surface area contributed by atoms with Crippen LogP contribution in [0.5, 0.6) is 11.5 Å². The van der Waals surface area contributed by atoms with Gasteiger partial charge in [-0.05, 0) is 42.3 Å². The van der Waals surface area contributed by atoms with Crippen LogP contribution >= 0.6 is 11.6 Å². The molecule has 0 amide bonds. The number of carbonyl (C=O) groups excluding carboxylic acids is 1. The van der Waals surface area contributed by atoms with Crippen LogP contribution in [-0.2, 0) is 16.0 Å². The Morgan fingerprint density at radius 1 is 1.26 bits per heavy atom. The third-order valence-electron chi connectivity index (χ3n) is 3.98.